The minimum absolute atomic E-state index is 0.113. The van der Waals surface area contributed by atoms with Gasteiger partial charge in [0.1, 0.15) is 6.04 Å². The number of esters is 1. The Morgan fingerprint density at radius 1 is 1.29 bits per heavy atom. The number of primary amides is 1. The van der Waals surface area contributed by atoms with Crippen molar-refractivity contribution >= 4 is 17.8 Å². The van der Waals surface area contributed by atoms with Crippen molar-refractivity contribution in [1.29, 1.82) is 0 Å². The van der Waals surface area contributed by atoms with E-state index in [0.717, 1.165) is 12.1 Å². The Labute approximate surface area is 119 Å². The lowest BCUT2D eigenvalue weighted by atomic mass is 10.1. The molecule has 0 saturated carbocycles. The first-order chi connectivity index (χ1) is 9.85. The quantitative estimate of drug-likeness (QED) is 0.747. The van der Waals surface area contributed by atoms with Crippen LogP contribution in [0, 0.1) is 11.6 Å². The molecule has 6 nitrogen and oxygen atoms in total. The molecule has 0 unspecified atom stereocenters. The summed E-state index contributed by atoms with van der Waals surface area (Å²) < 4.78 is 30.4. The third-order valence-electron chi connectivity index (χ3n) is 2.51. The van der Waals surface area contributed by atoms with Gasteiger partial charge >= 0.3 is 5.97 Å². The van der Waals surface area contributed by atoms with Gasteiger partial charge in [-0.2, -0.15) is 0 Å². The fraction of sp³-hybridized carbons (Fsp3) is 0.308. The van der Waals surface area contributed by atoms with Crippen LogP contribution in [0.1, 0.15) is 23.7 Å². The van der Waals surface area contributed by atoms with Gasteiger partial charge < -0.3 is 15.8 Å². The molecule has 2 amide bonds. The smallest absolute Gasteiger partial charge is 0.308 e. The fourth-order valence-electron chi connectivity index (χ4n) is 1.49. The topological polar surface area (TPSA) is 98.5 Å². The van der Waals surface area contributed by atoms with Crippen molar-refractivity contribution in [2.24, 2.45) is 5.73 Å². The summed E-state index contributed by atoms with van der Waals surface area (Å²) in [5.74, 6) is -4.83. The fourth-order valence-corrected chi connectivity index (χ4v) is 1.49. The number of amides is 2. The monoisotopic (exact) mass is 300 g/mol. The Hall–Kier alpha value is -2.51. The molecule has 0 aliphatic carbocycles. The van der Waals surface area contributed by atoms with Crippen LogP contribution in [0.15, 0.2) is 18.2 Å². The highest BCUT2D eigenvalue weighted by Crippen LogP contribution is 2.09. The Morgan fingerprint density at radius 2 is 1.95 bits per heavy atom. The van der Waals surface area contributed by atoms with Gasteiger partial charge in [0.15, 0.2) is 11.6 Å². The summed E-state index contributed by atoms with van der Waals surface area (Å²) in [6.07, 6.45) is -0.446. The summed E-state index contributed by atoms with van der Waals surface area (Å²) in [7, 11) is 0. The number of nitrogens with two attached hydrogens (primary N) is 1. The van der Waals surface area contributed by atoms with E-state index in [9.17, 15) is 23.2 Å². The van der Waals surface area contributed by atoms with Crippen LogP contribution >= 0.6 is 0 Å². The molecule has 0 heterocycles. The second-order valence-electron chi connectivity index (χ2n) is 4.07. The Kier molecular flexibility index (Phi) is 5.77. The lowest BCUT2D eigenvalue weighted by Gasteiger charge is -2.14. The molecule has 1 rings (SSSR count). The maximum Gasteiger partial charge on any atom is 0.308 e. The Bertz CT molecular complexity index is 563. The number of ether oxygens (including phenoxy) is 1. The van der Waals surface area contributed by atoms with Crippen molar-refractivity contribution < 1.29 is 27.9 Å². The number of hydrogen-bond acceptors (Lipinski definition) is 4. The van der Waals surface area contributed by atoms with E-state index >= 15 is 0 Å². The average molecular weight is 300 g/mol. The van der Waals surface area contributed by atoms with Crippen molar-refractivity contribution in [3.05, 3.63) is 35.4 Å². The van der Waals surface area contributed by atoms with E-state index in [4.69, 9.17) is 5.73 Å². The highest BCUT2D eigenvalue weighted by molar-refractivity contribution is 5.98. The predicted octanol–water partition coefficient (Wildman–Crippen LogP) is 0.502. The van der Waals surface area contributed by atoms with Crippen LogP contribution in [0.4, 0.5) is 8.78 Å². The molecule has 114 valence electrons. The highest BCUT2D eigenvalue weighted by atomic mass is 19.2. The van der Waals surface area contributed by atoms with Crippen molar-refractivity contribution in [2.75, 3.05) is 6.61 Å². The standard InChI is InChI=1S/C13H14F2N2O4/c1-2-21-11(18)6-10(12(16)19)17-13(20)7-3-4-8(14)9(15)5-7/h3-5,10H,2,6H2,1H3,(H2,16,19)(H,17,20)/t10-/m1/s1. The molecular weight excluding hydrogens is 286 g/mol. The maximum absolute atomic E-state index is 13.0. The van der Waals surface area contributed by atoms with Gasteiger partial charge in [-0.05, 0) is 25.1 Å². The normalized spacial score (nSPS) is 11.6. The van der Waals surface area contributed by atoms with Gasteiger partial charge in [-0.15, -0.1) is 0 Å². The van der Waals surface area contributed by atoms with Gasteiger partial charge in [0, 0.05) is 5.56 Å². The molecule has 0 spiro atoms. The van der Waals surface area contributed by atoms with Crippen molar-refractivity contribution in [3.8, 4) is 0 Å². The van der Waals surface area contributed by atoms with Crippen LogP contribution in [0.3, 0.4) is 0 Å². The number of benzene rings is 1. The van der Waals surface area contributed by atoms with Crippen LogP contribution < -0.4 is 11.1 Å². The van der Waals surface area contributed by atoms with Gasteiger partial charge in [0.05, 0.1) is 13.0 Å². The first-order valence-electron chi connectivity index (χ1n) is 6.06. The number of rotatable bonds is 6. The minimum Gasteiger partial charge on any atom is -0.466 e. The molecular formula is C13H14F2N2O4. The molecule has 0 bridgehead atoms. The molecule has 0 radical (unpaired) electrons. The number of carbonyl (C=O) groups excluding carboxylic acids is 3. The van der Waals surface area contributed by atoms with Crippen LogP contribution in [0.25, 0.3) is 0 Å². The Morgan fingerprint density at radius 3 is 2.48 bits per heavy atom. The van der Waals surface area contributed by atoms with Crippen LogP contribution in [0.2, 0.25) is 0 Å². The summed E-state index contributed by atoms with van der Waals surface area (Å²) in [4.78, 5) is 34.3. The zero-order chi connectivity index (χ0) is 16.0. The second kappa shape index (κ2) is 7.32. The van der Waals surface area contributed by atoms with Gasteiger partial charge in [-0.3, -0.25) is 14.4 Å². The number of halogens is 2. The van der Waals surface area contributed by atoms with Crippen molar-refractivity contribution in [1.82, 2.24) is 5.32 Å². The highest BCUT2D eigenvalue weighted by Gasteiger charge is 2.23. The molecule has 0 aromatic heterocycles. The molecule has 3 N–H and O–H groups in total. The summed E-state index contributed by atoms with van der Waals surface area (Å²) in [6.45, 7) is 1.69. The third kappa shape index (κ3) is 4.83. The van der Waals surface area contributed by atoms with Gasteiger partial charge in [0.25, 0.3) is 5.91 Å². The van der Waals surface area contributed by atoms with E-state index in [-0.39, 0.29) is 12.2 Å². The molecule has 21 heavy (non-hydrogen) atoms. The van der Waals surface area contributed by atoms with E-state index in [2.05, 4.69) is 10.1 Å². The average Bonchev–Trinajstić information content (AvgIpc) is 2.41. The van der Waals surface area contributed by atoms with Crippen LogP contribution in [0.5, 0.6) is 0 Å². The molecule has 1 aromatic carbocycles. The zero-order valence-corrected chi connectivity index (χ0v) is 11.2. The van der Waals surface area contributed by atoms with Crippen LogP contribution in [-0.4, -0.2) is 30.4 Å². The van der Waals surface area contributed by atoms with E-state index in [1.165, 1.54) is 0 Å². The van der Waals surface area contributed by atoms with Crippen molar-refractivity contribution in [3.63, 3.8) is 0 Å². The molecule has 0 saturated heterocycles. The second-order valence-corrected chi connectivity index (χ2v) is 4.07. The maximum atomic E-state index is 13.0. The number of hydrogen-bond donors (Lipinski definition) is 2. The Balaban J connectivity index is 2.78. The molecule has 0 aliphatic rings. The van der Waals surface area contributed by atoms with Crippen molar-refractivity contribution in [2.45, 2.75) is 19.4 Å². The predicted molar refractivity (Wildman–Crippen MR) is 68.1 cm³/mol. The summed E-state index contributed by atoms with van der Waals surface area (Å²) in [5, 5.41) is 2.17. The van der Waals surface area contributed by atoms with Gasteiger partial charge in [0.2, 0.25) is 5.91 Å². The van der Waals surface area contributed by atoms with E-state index in [1.54, 1.807) is 6.92 Å². The third-order valence-corrected chi connectivity index (χ3v) is 2.51. The first kappa shape index (κ1) is 16.5. The number of carbonyl (C=O) groups is 3. The van der Waals surface area contributed by atoms with Gasteiger partial charge in [-0.25, -0.2) is 8.78 Å². The van der Waals surface area contributed by atoms with E-state index in [1.807, 2.05) is 0 Å². The van der Waals surface area contributed by atoms with E-state index < -0.39 is 41.9 Å². The van der Waals surface area contributed by atoms with E-state index in [0.29, 0.717) is 6.07 Å². The summed E-state index contributed by atoms with van der Waals surface area (Å²) >= 11 is 0. The van der Waals surface area contributed by atoms with Gasteiger partial charge in [-0.1, -0.05) is 0 Å². The molecule has 1 atom stereocenters. The lowest BCUT2D eigenvalue weighted by Crippen LogP contribution is -2.46. The SMILES string of the molecule is CCOC(=O)C[C@@H](NC(=O)c1ccc(F)c(F)c1)C(N)=O. The zero-order valence-electron chi connectivity index (χ0n) is 11.2. The molecule has 0 aliphatic heterocycles. The summed E-state index contributed by atoms with van der Waals surface area (Å²) in [6, 6.07) is 1.18. The van der Waals surface area contributed by atoms with Crippen LogP contribution in [-0.2, 0) is 14.3 Å². The lowest BCUT2D eigenvalue weighted by molar-refractivity contribution is -0.145. The largest absolute Gasteiger partial charge is 0.466 e. The summed E-state index contributed by atoms with van der Waals surface area (Å²) in [5.41, 5.74) is 4.86. The number of nitrogens with one attached hydrogen (secondary N) is 1. The molecule has 1 aromatic rings. The minimum atomic E-state index is -1.30. The molecule has 8 heteroatoms. The molecule has 0 fully saturated rings. The first-order valence-corrected chi connectivity index (χ1v) is 6.06.